The summed E-state index contributed by atoms with van der Waals surface area (Å²) in [6.45, 7) is 3.15. The lowest BCUT2D eigenvalue weighted by molar-refractivity contribution is -0.125. The van der Waals surface area contributed by atoms with Gasteiger partial charge >= 0.3 is 0 Å². The summed E-state index contributed by atoms with van der Waals surface area (Å²) in [5.41, 5.74) is -1.82. The molecule has 3 rings (SSSR count). The number of benzene rings is 3. The molecule has 0 saturated heterocycles. The van der Waals surface area contributed by atoms with Crippen LogP contribution < -0.4 is 5.32 Å². The number of nitrogens with zero attached hydrogens (tertiary/aromatic N) is 1. The first kappa shape index (κ1) is 34.4. The molecule has 3 aromatic carbocycles. The molecule has 0 spiro atoms. The van der Waals surface area contributed by atoms with E-state index in [4.69, 9.17) is 16.3 Å². The second kappa shape index (κ2) is 13.7. The van der Waals surface area contributed by atoms with Gasteiger partial charge in [0.05, 0.1) is 18.2 Å². The van der Waals surface area contributed by atoms with E-state index >= 15 is 0 Å². The molecule has 45 heavy (non-hydrogen) atoms. The van der Waals surface area contributed by atoms with Gasteiger partial charge in [-0.3, -0.25) is 14.4 Å². The van der Waals surface area contributed by atoms with E-state index < -0.39 is 51.8 Å². The van der Waals surface area contributed by atoms with Crippen LogP contribution in [0.2, 0.25) is 5.02 Å². The van der Waals surface area contributed by atoms with Gasteiger partial charge < -0.3 is 45.6 Å². The maximum atomic E-state index is 13.9. The van der Waals surface area contributed by atoms with Gasteiger partial charge in [-0.15, -0.1) is 0 Å². The van der Waals surface area contributed by atoms with Crippen LogP contribution in [-0.2, 0) is 19.8 Å². The highest BCUT2D eigenvalue weighted by molar-refractivity contribution is 6.31. The fraction of sp³-hybridized carbons (Fsp3) is 0.194. The van der Waals surface area contributed by atoms with Gasteiger partial charge in [-0.05, 0) is 55.8 Å². The number of aromatic hydroxyl groups is 5. The standard InChI is InChI=1S/C31H32BClN2O10/c1-15-5-8-18(9-6-15)34-30(43)29(31(32,44)23-24(38)26(40)28(42)27(41)25(23)39)35(3)14-22(45-4)20(11-12-36)21-13-17(33)7-10-19(21)16(2)37/h5-14,29,38-42,44H,32H2,1-4H3,(H,34,43)/b20-11-,22-14+. The van der Waals surface area contributed by atoms with E-state index in [1.54, 1.807) is 24.3 Å². The Morgan fingerprint density at radius 2 is 1.53 bits per heavy atom. The first-order valence-electron chi connectivity index (χ1n) is 13.3. The van der Waals surface area contributed by atoms with Crippen LogP contribution in [-0.4, -0.2) is 81.6 Å². The van der Waals surface area contributed by atoms with Crippen molar-refractivity contribution >= 4 is 48.7 Å². The van der Waals surface area contributed by atoms with Crippen molar-refractivity contribution in [1.29, 1.82) is 0 Å². The maximum Gasteiger partial charge on any atom is 0.249 e. The first-order valence-corrected chi connectivity index (χ1v) is 13.7. The zero-order valence-electron chi connectivity index (χ0n) is 25.0. The van der Waals surface area contributed by atoms with E-state index in [0.717, 1.165) is 24.4 Å². The lowest BCUT2D eigenvalue weighted by Crippen LogP contribution is -2.55. The molecule has 2 atom stereocenters. The largest absolute Gasteiger partial charge is 0.504 e. The number of anilines is 1. The van der Waals surface area contributed by atoms with E-state index in [2.05, 4.69) is 5.32 Å². The van der Waals surface area contributed by atoms with Gasteiger partial charge in [0, 0.05) is 35.1 Å². The lowest BCUT2D eigenvalue weighted by atomic mass is 9.68. The highest BCUT2D eigenvalue weighted by Gasteiger charge is 2.46. The van der Waals surface area contributed by atoms with Crippen molar-refractivity contribution in [1.82, 2.24) is 4.90 Å². The summed E-state index contributed by atoms with van der Waals surface area (Å²) in [4.78, 5) is 39.2. The molecule has 0 bridgehead atoms. The Morgan fingerprint density at radius 1 is 0.978 bits per heavy atom. The number of aldehydes is 1. The minimum Gasteiger partial charge on any atom is -0.504 e. The third kappa shape index (κ3) is 7.00. The van der Waals surface area contributed by atoms with E-state index in [0.29, 0.717) is 12.0 Å². The summed E-state index contributed by atoms with van der Waals surface area (Å²) in [6, 6.07) is 9.23. The lowest BCUT2D eigenvalue weighted by Gasteiger charge is -2.39. The van der Waals surface area contributed by atoms with Crippen molar-refractivity contribution in [2.45, 2.75) is 25.4 Å². The fourth-order valence-corrected chi connectivity index (χ4v) is 5.07. The van der Waals surface area contributed by atoms with Crippen molar-refractivity contribution in [2.24, 2.45) is 0 Å². The normalized spacial score (nSPS) is 13.8. The number of hydrogen-bond donors (Lipinski definition) is 7. The van der Waals surface area contributed by atoms with Gasteiger partial charge in [-0.1, -0.05) is 29.3 Å². The molecule has 0 heterocycles. The quantitative estimate of drug-likeness (QED) is 0.0238. The number of allylic oxidation sites excluding steroid dienone is 2. The molecular weight excluding hydrogens is 607 g/mol. The molecule has 0 saturated carbocycles. The van der Waals surface area contributed by atoms with Crippen molar-refractivity contribution in [3.05, 3.63) is 87.8 Å². The van der Waals surface area contributed by atoms with Crippen LogP contribution in [0.5, 0.6) is 28.7 Å². The number of amides is 1. The average molecular weight is 639 g/mol. The number of hydrogen-bond acceptors (Lipinski definition) is 11. The summed E-state index contributed by atoms with van der Waals surface area (Å²) in [7, 11) is 3.59. The fourth-order valence-electron chi connectivity index (χ4n) is 4.90. The Bertz CT molecular complexity index is 1670. The minimum atomic E-state index is -2.63. The predicted octanol–water partition coefficient (Wildman–Crippen LogP) is 2.87. The molecule has 1 amide bonds. The monoisotopic (exact) mass is 638 g/mol. The Balaban J connectivity index is 2.28. The van der Waals surface area contributed by atoms with Crippen molar-refractivity contribution in [2.75, 3.05) is 19.5 Å². The highest BCUT2D eigenvalue weighted by Crippen LogP contribution is 2.54. The molecule has 0 aliphatic rings. The number of likely N-dealkylation sites (N-methyl/N-ethyl adjacent to an activating group) is 1. The topological polar surface area (TPSA) is 197 Å². The number of ether oxygens (including phenoxy) is 1. The smallest absolute Gasteiger partial charge is 0.249 e. The predicted molar refractivity (Wildman–Crippen MR) is 169 cm³/mol. The number of ketones is 1. The molecule has 7 N–H and O–H groups in total. The summed E-state index contributed by atoms with van der Waals surface area (Å²) in [5.74, 6) is -7.54. The van der Waals surface area contributed by atoms with Crippen molar-refractivity contribution in [3.63, 3.8) is 0 Å². The minimum absolute atomic E-state index is 0.0787. The second-order valence-corrected chi connectivity index (χ2v) is 10.8. The van der Waals surface area contributed by atoms with Crippen molar-refractivity contribution in [3.8, 4) is 28.7 Å². The van der Waals surface area contributed by atoms with Crippen LogP contribution in [0.1, 0.15) is 34.0 Å². The van der Waals surface area contributed by atoms with Crippen LogP contribution in [0.15, 0.2) is 60.5 Å². The summed E-state index contributed by atoms with van der Waals surface area (Å²) >= 11 is 6.20. The molecule has 0 aliphatic carbocycles. The molecule has 14 heteroatoms. The molecule has 0 radical (unpaired) electrons. The highest BCUT2D eigenvalue weighted by atomic mass is 35.5. The van der Waals surface area contributed by atoms with E-state index in [-0.39, 0.29) is 33.3 Å². The van der Waals surface area contributed by atoms with Crippen LogP contribution in [0.3, 0.4) is 0 Å². The van der Waals surface area contributed by atoms with Gasteiger partial charge in [0.15, 0.2) is 25.1 Å². The van der Waals surface area contributed by atoms with Crippen molar-refractivity contribution < 1.29 is 49.8 Å². The number of halogens is 1. The Morgan fingerprint density at radius 3 is 2.04 bits per heavy atom. The molecule has 0 fully saturated rings. The summed E-state index contributed by atoms with van der Waals surface area (Å²) < 4.78 is 5.56. The number of aliphatic hydroxyl groups is 1. The number of aryl methyl sites for hydroxylation is 1. The third-order valence-corrected chi connectivity index (χ3v) is 7.31. The van der Waals surface area contributed by atoms with Crippen LogP contribution in [0, 0.1) is 6.92 Å². The van der Waals surface area contributed by atoms with Gasteiger partial charge in [0.25, 0.3) is 0 Å². The Labute approximate surface area is 264 Å². The van der Waals surface area contributed by atoms with Gasteiger partial charge in [0.2, 0.25) is 23.2 Å². The van der Waals surface area contributed by atoms with Gasteiger partial charge in [-0.2, -0.15) is 0 Å². The number of carbonyl (C=O) groups excluding carboxylic acids is 3. The molecule has 3 aromatic rings. The molecular formula is C31H32BClN2O10. The van der Waals surface area contributed by atoms with Crippen LogP contribution in [0.4, 0.5) is 5.69 Å². The number of phenols is 5. The van der Waals surface area contributed by atoms with E-state index in [9.17, 15) is 45.0 Å². The number of phenolic OH excluding ortho intramolecular Hbond substituents is 5. The number of Topliss-reactive ketones (excluding diaryl/α,β-unsaturated/α-hetero) is 1. The van der Waals surface area contributed by atoms with Gasteiger partial charge in [-0.25, -0.2) is 0 Å². The average Bonchev–Trinajstić information content (AvgIpc) is 2.97. The number of carbonyl (C=O) groups is 3. The van der Waals surface area contributed by atoms with Crippen LogP contribution >= 0.6 is 11.6 Å². The zero-order chi connectivity index (χ0) is 33.8. The summed E-state index contributed by atoms with van der Waals surface area (Å²) in [5, 5.41) is 66.4. The molecule has 12 nitrogen and oxygen atoms in total. The molecule has 236 valence electrons. The molecule has 0 aromatic heterocycles. The number of rotatable bonds is 11. The maximum absolute atomic E-state index is 13.9. The third-order valence-electron chi connectivity index (χ3n) is 7.08. The molecule has 2 unspecified atom stereocenters. The van der Waals surface area contributed by atoms with Crippen LogP contribution in [0.25, 0.3) is 5.57 Å². The molecule has 0 aliphatic heterocycles. The van der Waals surface area contributed by atoms with E-state index in [1.807, 2.05) is 6.92 Å². The van der Waals surface area contributed by atoms with Gasteiger partial charge in [0.1, 0.15) is 18.1 Å². The van der Waals surface area contributed by atoms with E-state index in [1.165, 1.54) is 45.5 Å². The summed E-state index contributed by atoms with van der Waals surface area (Å²) in [6.07, 6.45) is 2.76. The number of nitrogens with one attached hydrogen (secondary N) is 1. The Kier molecular flexibility index (Phi) is 10.4. The first-order chi connectivity index (χ1) is 21.1. The second-order valence-electron chi connectivity index (χ2n) is 10.3. The SMILES string of the molecule is BC(O)(c1c(O)c(O)c(O)c(O)c1O)C(C(=O)Nc1ccc(C)cc1)N(C)/C=C(OC)\C(=C/C=O)c1cc(Cl)ccc1C(C)=O. The zero-order valence-corrected chi connectivity index (χ0v) is 25.7. The number of methoxy groups -OCH3 is 1. The Hall–Kier alpha value is -5.14.